The van der Waals surface area contributed by atoms with Crippen LogP contribution in [0.3, 0.4) is 0 Å². The summed E-state index contributed by atoms with van der Waals surface area (Å²) in [5.41, 5.74) is 0.476. The zero-order chi connectivity index (χ0) is 13.0. The quantitative estimate of drug-likeness (QED) is 0.842. The Morgan fingerprint density at radius 2 is 2.39 bits per heavy atom. The van der Waals surface area contributed by atoms with Crippen molar-refractivity contribution in [3.63, 3.8) is 0 Å². The molecule has 0 bridgehead atoms. The SMILES string of the molecule is CCCN1CCCC1C(=O)Nc1ccc(=O)[nH]c1. The van der Waals surface area contributed by atoms with Gasteiger partial charge >= 0.3 is 0 Å². The Kier molecular flexibility index (Phi) is 4.15. The lowest BCUT2D eigenvalue weighted by Gasteiger charge is -2.22. The van der Waals surface area contributed by atoms with Crippen molar-refractivity contribution in [3.05, 3.63) is 28.7 Å². The van der Waals surface area contributed by atoms with E-state index in [9.17, 15) is 9.59 Å². The highest BCUT2D eigenvalue weighted by atomic mass is 16.2. The Labute approximate surface area is 106 Å². The fourth-order valence-electron chi connectivity index (χ4n) is 2.39. The molecule has 1 aromatic rings. The second-order valence-corrected chi connectivity index (χ2v) is 4.62. The molecule has 0 aliphatic carbocycles. The van der Waals surface area contributed by atoms with E-state index < -0.39 is 0 Å². The topological polar surface area (TPSA) is 65.2 Å². The summed E-state index contributed by atoms with van der Waals surface area (Å²) in [5, 5.41) is 2.85. The maximum Gasteiger partial charge on any atom is 0.248 e. The summed E-state index contributed by atoms with van der Waals surface area (Å²) in [6.45, 7) is 4.08. The van der Waals surface area contributed by atoms with Gasteiger partial charge in [0.15, 0.2) is 0 Å². The standard InChI is InChI=1S/C13H19N3O2/c1-2-7-16-8-3-4-11(16)13(18)15-10-5-6-12(17)14-9-10/h5-6,9,11H,2-4,7-8H2,1H3,(H,14,17)(H,15,18). The average Bonchev–Trinajstić information content (AvgIpc) is 2.81. The van der Waals surface area contributed by atoms with Gasteiger partial charge in [0.1, 0.15) is 0 Å². The van der Waals surface area contributed by atoms with Crippen molar-refractivity contribution in [3.8, 4) is 0 Å². The van der Waals surface area contributed by atoms with E-state index in [4.69, 9.17) is 0 Å². The number of aromatic nitrogens is 1. The number of H-pyrrole nitrogens is 1. The third-order valence-electron chi connectivity index (χ3n) is 3.23. The Morgan fingerprint density at radius 1 is 1.56 bits per heavy atom. The molecule has 1 fully saturated rings. The summed E-state index contributed by atoms with van der Waals surface area (Å²) in [5.74, 6) is 0.0213. The van der Waals surface area contributed by atoms with Crippen molar-refractivity contribution in [2.45, 2.75) is 32.2 Å². The molecule has 0 radical (unpaired) electrons. The molecule has 2 N–H and O–H groups in total. The zero-order valence-electron chi connectivity index (χ0n) is 10.6. The number of likely N-dealkylation sites (tertiary alicyclic amines) is 1. The van der Waals surface area contributed by atoms with Crippen LogP contribution >= 0.6 is 0 Å². The smallest absolute Gasteiger partial charge is 0.248 e. The van der Waals surface area contributed by atoms with Gasteiger partial charge in [-0.15, -0.1) is 0 Å². The van der Waals surface area contributed by atoms with Gasteiger partial charge in [0.2, 0.25) is 11.5 Å². The number of hydrogen-bond acceptors (Lipinski definition) is 3. The van der Waals surface area contributed by atoms with Gasteiger partial charge in [-0.3, -0.25) is 14.5 Å². The number of rotatable bonds is 4. The third-order valence-corrected chi connectivity index (χ3v) is 3.23. The number of aromatic amines is 1. The van der Waals surface area contributed by atoms with E-state index in [-0.39, 0.29) is 17.5 Å². The largest absolute Gasteiger partial charge is 0.327 e. The van der Waals surface area contributed by atoms with Crippen LogP contribution in [-0.4, -0.2) is 34.9 Å². The maximum absolute atomic E-state index is 12.1. The lowest BCUT2D eigenvalue weighted by Crippen LogP contribution is -2.40. The van der Waals surface area contributed by atoms with E-state index >= 15 is 0 Å². The molecule has 1 aliphatic rings. The first-order valence-corrected chi connectivity index (χ1v) is 6.44. The molecule has 0 spiro atoms. The summed E-state index contributed by atoms with van der Waals surface area (Å²) in [6.07, 6.45) is 4.57. The first-order valence-electron chi connectivity index (χ1n) is 6.44. The monoisotopic (exact) mass is 249 g/mol. The molecule has 18 heavy (non-hydrogen) atoms. The van der Waals surface area contributed by atoms with Crippen LogP contribution in [-0.2, 0) is 4.79 Å². The van der Waals surface area contributed by atoms with E-state index in [1.165, 1.54) is 12.3 Å². The van der Waals surface area contributed by atoms with Crippen LogP contribution < -0.4 is 10.9 Å². The molecule has 1 amide bonds. The lowest BCUT2D eigenvalue weighted by molar-refractivity contribution is -0.120. The minimum absolute atomic E-state index is 0.0213. The van der Waals surface area contributed by atoms with Crippen LogP contribution in [0, 0.1) is 0 Å². The second-order valence-electron chi connectivity index (χ2n) is 4.62. The van der Waals surface area contributed by atoms with Gasteiger partial charge in [-0.2, -0.15) is 0 Å². The highest BCUT2D eigenvalue weighted by Crippen LogP contribution is 2.18. The first-order chi connectivity index (χ1) is 8.70. The summed E-state index contributed by atoms with van der Waals surface area (Å²) < 4.78 is 0. The van der Waals surface area contributed by atoms with Gasteiger partial charge in [0, 0.05) is 12.3 Å². The molecule has 0 saturated carbocycles. The minimum Gasteiger partial charge on any atom is -0.327 e. The molecule has 98 valence electrons. The Morgan fingerprint density at radius 3 is 3.06 bits per heavy atom. The average molecular weight is 249 g/mol. The van der Waals surface area contributed by atoms with Gasteiger partial charge in [0.25, 0.3) is 0 Å². The summed E-state index contributed by atoms with van der Waals surface area (Å²) in [4.78, 5) is 27.8. The van der Waals surface area contributed by atoms with Crippen molar-refractivity contribution in [2.24, 2.45) is 0 Å². The molecule has 1 aliphatic heterocycles. The number of nitrogens with zero attached hydrogens (tertiary/aromatic N) is 1. The molecule has 1 aromatic heterocycles. The molecule has 2 rings (SSSR count). The summed E-state index contributed by atoms with van der Waals surface area (Å²) >= 11 is 0. The number of pyridine rings is 1. The van der Waals surface area contributed by atoms with Gasteiger partial charge < -0.3 is 10.3 Å². The van der Waals surface area contributed by atoms with Crippen LogP contribution in [0.25, 0.3) is 0 Å². The Balaban J connectivity index is 1.98. The predicted octanol–water partition coefficient (Wildman–Crippen LogP) is 1.19. The van der Waals surface area contributed by atoms with Gasteiger partial charge in [-0.05, 0) is 38.4 Å². The summed E-state index contributed by atoms with van der Waals surface area (Å²) in [7, 11) is 0. The van der Waals surface area contributed by atoms with Crippen molar-refractivity contribution in [1.82, 2.24) is 9.88 Å². The number of nitrogens with one attached hydrogen (secondary N) is 2. The number of anilines is 1. The minimum atomic E-state index is -0.165. The fourth-order valence-corrected chi connectivity index (χ4v) is 2.39. The second kappa shape index (κ2) is 5.82. The normalized spacial score (nSPS) is 19.9. The van der Waals surface area contributed by atoms with E-state index in [0.717, 1.165) is 32.4 Å². The van der Waals surface area contributed by atoms with Gasteiger partial charge in [-0.1, -0.05) is 6.92 Å². The van der Waals surface area contributed by atoms with E-state index in [1.807, 2.05) is 0 Å². The third kappa shape index (κ3) is 2.98. The fraction of sp³-hybridized carbons (Fsp3) is 0.538. The summed E-state index contributed by atoms with van der Waals surface area (Å²) in [6, 6.07) is 3.00. The van der Waals surface area contributed by atoms with Crippen LogP contribution in [0.2, 0.25) is 0 Å². The molecule has 1 unspecified atom stereocenters. The van der Waals surface area contributed by atoms with Crippen LogP contribution in [0.15, 0.2) is 23.1 Å². The first kappa shape index (κ1) is 12.8. The molecule has 0 aromatic carbocycles. The van der Waals surface area contributed by atoms with Gasteiger partial charge in [0.05, 0.1) is 11.7 Å². The molecular weight excluding hydrogens is 230 g/mol. The van der Waals surface area contributed by atoms with Crippen LogP contribution in [0.1, 0.15) is 26.2 Å². The highest BCUT2D eigenvalue weighted by Gasteiger charge is 2.29. The highest BCUT2D eigenvalue weighted by molar-refractivity contribution is 5.94. The Bertz CT molecular complexity index is 449. The molecular formula is C13H19N3O2. The van der Waals surface area contributed by atoms with Gasteiger partial charge in [-0.25, -0.2) is 0 Å². The molecule has 5 nitrogen and oxygen atoms in total. The zero-order valence-corrected chi connectivity index (χ0v) is 10.6. The molecule has 5 heteroatoms. The van der Waals surface area contributed by atoms with Crippen molar-refractivity contribution < 1.29 is 4.79 Å². The van der Waals surface area contributed by atoms with Crippen LogP contribution in [0.5, 0.6) is 0 Å². The van der Waals surface area contributed by atoms with E-state index in [2.05, 4.69) is 22.1 Å². The number of amides is 1. The Hall–Kier alpha value is -1.62. The van der Waals surface area contributed by atoms with Crippen molar-refractivity contribution in [1.29, 1.82) is 0 Å². The number of carbonyl (C=O) groups excluding carboxylic acids is 1. The molecule has 1 saturated heterocycles. The maximum atomic E-state index is 12.1. The lowest BCUT2D eigenvalue weighted by atomic mass is 10.2. The molecule has 2 heterocycles. The van der Waals surface area contributed by atoms with Crippen molar-refractivity contribution in [2.75, 3.05) is 18.4 Å². The number of hydrogen-bond donors (Lipinski definition) is 2. The van der Waals surface area contributed by atoms with Crippen LogP contribution in [0.4, 0.5) is 5.69 Å². The predicted molar refractivity (Wildman–Crippen MR) is 70.6 cm³/mol. The number of carbonyl (C=O) groups is 1. The van der Waals surface area contributed by atoms with Crippen molar-refractivity contribution >= 4 is 11.6 Å². The molecule has 1 atom stereocenters. The van der Waals surface area contributed by atoms with E-state index in [0.29, 0.717) is 5.69 Å². The van der Waals surface area contributed by atoms with E-state index in [1.54, 1.807) is 6.07 Å².